The Labute approximate surface area is 159 Å². The maximum atomic E-state index is 12.2. The number of rotatable bonds is 8. The molecule has 1 aliphatic carbocycles. The number of anilines is 1. The zero-order valence-corrected chi connectivity index (χ0v) is 15.8. The number of aromatic nitrogens is 1. The molecule has 1 fully saturated rings. The maximum Gasteiger partial charge on any atom is 0.294 e. The summed E-state index contributed by atoms with van der Waals surface area (Å²) >= 11 is 0. The molecule has 0 aliphatic heterocycles. The molecule has 0 atom stereocenters. The van der Waals surface area contributed by atoms with Crippen molar-refractivity contribution in [3.05, 3.63) is 36.1 Å². The molecule has 142 valence electrons. The van der Waals surface area contributed by atoms with Gasteiger partial charge in [-0.2, -0.15) is 0 Å². The molecule has 1 aromatic carbocycles. The molecular formula is C18H24ClN3O4. The number of hydrogen-bond donors (Lipinski definition) is 1. The number of methoxy groups -OCH3 is 1. The first-order valence-electron chi connectivity index (χ1n) is 8.41. The topological polar surface area (TPSA) is 76.8 Å². The molecule has 3 rings (SSSR count). The van der Waals surface area contributed by atoms with Crippen molar-refractivity contribution in [2.45, 2.75) is 25.3 Å². The Morgan fingerprint density at radius 3 is 2.69 bits per heavy atom. The number of nitrogens with one attached hydrogen (secondary N) is 1. The van der Waals surface area contributed by atoms with E-state index in [0.717, 1.165) is 12.3 Å². The fraction of sp³-hybridized carbons (Fsp3) is 0.444. The third-order valence-corrected chi connectivity index (χ3v) is 4.45. The lowest BCUT2D eigenvalue weighted by Crippen LogP contribution is -2.39. The molecule has 1 aliphatic rings. The van der Waals surface area contributed by atoms with Gasteiger partial charge < -0.3 is 24.2 Å². The zero-order chi connectivity index (χ0) is 17.6. The van der Waals surface area contributed by atoms with Gasteiger partial charge in [-0.3, -0.25) is 4.79 Å². The number of nitrogens with zero attached hydrogens (tertiary/aromatic N) is 2. The molecule has 7 nitrogen and oxygen atoms in total. The molecule has 1 N–H and O–H groups in total. The molecular weight excluding hydrogens is 358 g/mol. The van der Waals surface area contributed by atoms with E-state index in [-0.39, 0.29) is 24.1 Å². The van der Waals surface area contributed by atoms with E-state index >= 15 is 0 Å². The monoisotopic (exact) mass is 381 g/mol. The van der Waals surface area contributed by atoms with E-state index in [1.165, 1.54) is 25.3 Å². The summed E-state index contributed by atoms with van der Waals surface area (Å²) in [5, 5.41) is 6.52. The van der Waals surface area contributed by atoms with Crippen molar-refractivity contribution in [1.82, 2.24) is 10.1 Å². The number of carbonyl (C=O) groups is 1. The lowest BCUT2D eigenvalue weighted by molar-refractivity contribution is 0.0987. The predicted molar refractivity (Wildman–Crippen MR) is 100 cm³/mol. The molecule has 0 bridgehead atoms. The van der Waals surface area contributed by atoms with Crippen molar-refractivity contribution in [3.63, 3.8) is 0 Å². The molecule has 1 saturated carbocycles. The van der Waals surface area contributed by atoms with Gasteiger partial charge in [0.25, 0.3) is 11.8 Å². The van der Waals surface area contributed by atoms with Crippen molar-refractivity contribution in [2.24, 2.45) is 0 Å². The van der Waals surface area contributed by atoms with Crippen LogP contribution >= 0.6 is 12.4 Å². The molecule has 2 aromatic rings. The van der Waals surface area contributed by atoms with Crippen LogP contribution in [0.25, 0.3) is 0 Å². The van der Waals surface area contributed by atoms with Gasteiger partial charge in [-0.05, 0) is 49.3 Å². The summed E-state index contributed by atoms with van der Waals surface area (Å²) in [7, 11) is 3.69. The van der Waals surface area contributed by atoms with E-state index in [9.17, 15) is 4.79 Å². The van der Waals surface area contributed by atoms with Crippen LogP contribution in [0.4, 0.5) is 5.69 Å². The third-order valence-electron chi connectivity index (χ3n) is 4.45. The van der Waals surface area contributed by atoms with Crippen molar-refractivity contribution in [2.75, 3.05) is 32.6 Å². The molecule has 0 spiro atoms. The van der Waals surface area contributed by atoms with Crippen molar-refractivity contribution < 1.29 is 18.8 Å². The Kier molecular flexibility index (Phi) is 7.29. The highest BCUT2D eigenvalue weighted by Crippen LogP contribution is 2.23. The van der Waals surface area contributed by atoms with E-state index in [2.05, 4.69) is 22.4 Å². The van der Waals surface area contributed by atoms with Crippen LogP contribution in [0.15, 0.2) is 34.9 Å². The van der Waals surface area contributed by atoms with Gasteiger partial charge in [0.15, 0.2) is 0 Å². The summed E-state index contributed by atoms with van der Waals surface area (Å²) in [5.41, 5.74) is 0.645. The van der Waals surface area contributed by atoms with Crippen LogP contribution in [0.1, 0.15) is 29.8 Å². The number of halogens is 1. The SMILES string of the molecule is COc1ccc(NC(=O)c2cc(OCCN(C)C3CCC3)no2)cc1.Cl. The number of hydrogen-bond acceptors (Lipinski definition) is 6. The van der Waals surface area contributed by atoms with E-state index < -0.39 is 0 Å². The first-order valence-corrected chi connectivity index (χ1v) is 8.41. The second-order valence-electron chi connectivity index (χ2n) is 6.13. The van der Waals surface area contributed by atoms with Crippen molar-refractivity contribution in [1.29, 1.82) is 0 Å². The number of amides is 1. The molecule has 8 heteroatoms. The second kappa shape index (κ2) is 9.45. The summed E-state index contributed by atoms with van der Waals surface area (Å²) in [6, 6.07) is 9.21. The van der Waals surface area contributed by atoms with Gasteiger partial charge in [-0.1, -0.05) is 6.42 Å². The first kappa shape index (κ1) is 20.1. The van der Waals surface area contributed by atoms with E-state index in [0.29, 0.717) is 24.2 Å². The maximum absolute atomic E-state index is 12.2. The standard InChI is InChI=1S/C18H23N3O4.ClH/c1-21(14-4-3-5-14)10-11-24-17-12-16(25-20-17)18(22)19-13-6-8-15(23-2)9-7-13;/h6-9,12,14H,3-5,10-11H2,1-2H3,(H,19,22);1H. The lowest BCUT2D eigenvalue weighted by Gasteiger charge is -2.34. The fourth-order valence-corrected chi connectivity index (χ4v) is 2.61. The summed E-state index contributed by atoms with van der Waals surface area (Å²) < 4.78 is 15.7. The molecule has 1 aromatic heterocycles. The number of likely N-dealkylation sites (N-methyl/N-ethyl adjacent to an activating group) is 1. The van der Waals surface area contributed by atoms with Crippen LogP contribution < -0.4 is 14.8 Å². The minimum absolute atomic E-state index is 0. The molecule has 1 amide bonds. The van der Waals surface area contributed by atoms with E-state index in [1.807, 2.05) is 0 Å². The van der Waals surface area contributed by atoms with Crippen molar-refractivity contribution >= 4 is 24.0 Å². The van der Waals surface area contributed by atoms with Crippen LogP contribution in [-0.4, -0.2) is 49.3 Å². The summed E-state index contributed by atoms with van der Waals surface area (Å²) in [5.74, 6) is 0.777. The van der Waals surface area contributed by atoms with Gasteiger partial charge in [0, 0.05) is 18.3 Å². The van der Waals surface area contributed by atoms with Crippen LogP contribution in [0.3, 0.4) is 0 Å². The normalized spacial score (nSPS) is 13.7. The molecule has 0 radical (unpaired) electrons. The zero-order valence-electron chi connectivity index (χ0n) is 14.9. The highest BCUT2D eigenvalue weighted by Gasteiger charge is 2.21. The van der Waals surface area contributed by atoms with E-state index in [1.54, 1.807) is 31.4 Å². The predicted octanol–water partition coefficient (Wildman–Crippen LogP) is 3.22. The first-order chi connectivity index (χ1) is 12.2. The Balaban J connectivity index is 0.00000243. The van der Waals surface area contributed by atoms with Crippen LogP contribution in [0.2, 0.25) is 0 Å². The highest BCUT2D eigenvalue weighted by atomic mass is 35.5. The minimum Gasteiger partial charge on any atom is -0.497 e. The quantitative estimate of drug-likeness (QED) is 0.756. The average molecular weight is 382 g/mol. The Morgan fingerprint density at radius 2 is 2.08 bits per heavy atom. The minimum atomic E-state index is -0.376. The van der Waals surface area contributed by atoms with E-state index in [4.69, 9.17) is 14.0 Å². The Bertz CT molecular complexity index is 701. The largest absolute Gasteiger partial charge is 0.497 e. The number of ether oxygens (including phenoxy) is 2. The van der Waals surface area contributed by atoms with Crippen LogP contribution in [0.5, 0.6) is 11.6 Å². The average Bonchev–Trinajstić information content (AvgIpc) is 3.03. The van der Waals surface area contributed by atoms with Gasteiger partial charge in [0.2, 0.25) is 5.76 Å². The van der Waals surface area contributed by atoms with Gasteiger partial charge >= 0.3 is 0 Å². The second-order valence-corrected chi connectivity index (χ2v) is 6.13. The summed E-state index contributed by atoms with van der Waals surface area (Å²) in [4.78, 5) is 14.5. The van der Waals surface area contributed by atoms with Crippen LogP contribution in [-0.2, 0) is 0 Å². The van der Waals surface area contributed by atoms with Gasteiger partial charge in [-0.15, -0.1) is 12.4 Å². The summed E-state index contributed by atoms with van der Waals surface area (Å²) in [6.07, 6.45) is 3.83. The number of benzene rings is 1. The third kappa shape index (κ3) is 5.12. The molecule has 0 unspecified atom stereocenters. The Hall–Kier alpha value is -2.25. The fourth-order valence-electron chi connectivity index (χ4n) is 2.61. The highest BCUT2D eigenvalue weighted by molar-refractivity contribution is 6.02. The lowest BCUT2D eigenvalue weighted by atomic mass is 9.92. The van der Waals surface area contributed by atoms with Crippen molar-refractivity contribution in [3.8, 4) is 11.6 Å². The van der Waals surface area contributed by atoms with Gasteiger partial charge in [0.1, 0.15) is 12.4 Å². The Morgan fingerprint density at radius 1 is 1.35 bits per heavy atom. The molecule has 26 heavy (non-hydrogen) atoms. The van der Waals surface area contributed by atoms with Gasteiger partial charge in [0.05, 0.1) is 13.2 Å². The number of carbonyl (C=O) groups excluding carboxylic acids is 1. The van der Waals surface area contributed by atoms with Crippen LogP contribution in [0, 0.1) is 0 Å². The van der Waals surface area contributed by atoms with Gasteiger partial charge in [-0.25, -0.2) is 0 Å². The summed E-state index contributed by atoms with van der Waals surface area (Å²) in [6.45, 7) is 1.34. The molecule has 1 heterocycles. The smallest absolute Gasteiger partial charge is 0.294 e. The molecule has 0 saturated heterocycles.